The summed E-state index contributed by atoms with van der Waals surface area (Å²) in [6.45, 7) is 3.19. The average Bonchev–Trinajstić information content (AvgIpc) is 2.84. The molecule has 1 aliphatic heterocycles. The normalized spacial score (nSPS) is 17.9. The lowest BCUT2D eigenvalue weighted by Gasteiger charge is -2.46. The predicted molar refractivity (Wildman–Crippen MR) is 129 cm³/mol. The lowest BCUT2D eigenvalue weighted by molar-refractivity contribution is -0.274. The second-order valence-electron chi connectivity index (χ2n) is 8.78. The number of aryl methyl sites for hydroxylation is 1. The number of hydrogen-bond donors (Lipinski definition) is 2. The molecule has 0 saturated carbocycles. The van der Waals surface area contributed by atoms with Crippen molar-refractivity contribution < 1.29 is 17.9 Å². The molecule has 0 amide bonds. The molecule has 3 nitrogen and oxygen atoms in total. The van der Waals surface area contributed by atoms with E-state index in [1.165, 1.54) is 6.07 Å². The molecule has 0 bridgehead atoms. The molecule has 1 heterocycles. The highest BCUT2D eigenvalue weighted by atomic mass is 19.4. The van der Waals surface area contributed by atoms with E-state index in [0.29, 0.717) is 5.56 Å². The van der Waals surface area contributed by atoms with E-state index in [0.717, 1.165) is 48.9 Å². The van der Waals surface area contributed by atoms with Crippen molar-refractivity contribution in [3.63, 3.8) is 0 Å². The van der Waals surface area contributed by atoms with Crippen molar-refractivity contribution in [2.75, 3.05) is 6.54 Å². The molecule has 1 unspecified atom stereocenters. The molecule has 3 aromatic carbocycles. The van der Waals surface area contributed by atoms with Crippen LogP contribution in [0.15, 0.2) is 78.9 Å². The molecule has 1 fully saturated rings. The number of rotatable bonds is 8. The fourth-order valence-electron chi connectivity index (χ4n) is 5.03. The minimum atomic E-state index is -4.73. The minimum Gasteiger partial charge on any atom is -0.405 e. The van der Waals surface area contributed by atoms with Crippen molar-refractivity contribution in [2.24, 2.45) is 0 Å². The number of nitrogens with one attached hydrogen (secondary N) is 2. The number of piperidine rings is 1. The van der Waals surface area contributed by atoms with Crippen LogP contribution < -0.4 is 15.4 Å². The molecule has 1 saturated heterocycles. The van der Waals surface area contributed by atoms with E-state index in [1.54, 1.807) is 6.07 Å². The van der Waals surface area contributed by atoms with Gasteiger partial charge >= 0.3 is 6.36 Å². The van der Waals surface area contributed by atoms with Gasteiger partial charge in [-0.3, -0.25) is 0 Å². The fourth-order valence-corrected chi connectivity index (χ4v) is 5.03. The van der Waals surface area contributed by atoms with Gasteiger partial charge in [0.05, 0.1) is 5.54 Å². The molecule has 0 radical (unpaired) electrons. The van der Waals surface area contributed by atoms with Gasteiger partial charge in [-0.05, 0) is 48.6 Å². The monoisotopic (exact) mass is 468 g/mol. The van der Waals surface area contributed by atoms with E-state index in [1.807, 2.05) is 42.5 Å². The number of benzene rings is 3. The zero-order chi connectivity index (χ0) is 24.0. The largest absolute Gasteiger partial charge is 0.573 e. The van der Waals surface area contributed by atoms with Crippen molar-refractivity contribution in [3.05, 3.63) is 101 Å². The Morgan fingerprint density at radius 3 is 2.21 bits per heavy atom. The van der Waals surface area contributed by atoms with Crippen LogP contribution in [0, 0.1) is 0 Å². The summed E-state index contributed by atoms with van der Waals surface area (Å²) in [5.74, 6) is -0.145. The van der Waals surface area contributed by atoms with E-state index in [-0.39, 0.29) is 18.3 Å². The number of ether oxygens (including phenoxy) is 1. The van der Waals surface area contributed by atoms with Crippen LogP contribution in [0.1, 0.15) is 48.4 Å². The lowest BCUT2D eigenvalue weighted by Crippen LogP contribution is -2.60. The van der Waals surface area contributed by atoms with Crippen LogP contribution >= 0.6 is 0 Å². The van der Waals surface area contributed by atoms with Gasteiger partial charge in [-0.25, -0.2) is 0 Å². The summed E-state index contributed by atoms with van der Waals surface area (Å²) < 4.78 is 43.6. The van der Waals surface area contributed by atoms with E-state index < -0.39 is 11.9 Å². The molecular weight excluding hydrogens is 437 g/mol. The maximum Gasteiger partial charge on any atom is 0.573 e. The van der Waals surface area contributed by atoms with Crippen LogP contribution in [0.5, 0.6) is 5.75 Å². The quantitative estimate of drug-likeness (QED) is 0.406. The molecule has 34 heavy (non-hydrogen) atoms. The summed E-state index contributed by atoms with van der Waals surface area (Å²) in [6, 6.07) is 25.5. The Labute approximate surface area is 199 Å². The van der Waals surface area contributed by atoms with Gasteiger partial charge in [0, 0.05) is 18.2 Å². The Kier molecular flexibility index (Phi) is 7.59. The van der Waals surface area contributed by atoms with Crippen LogP contribution in [-0.4, -0.2) is 18.9 Å². The number of hydrogen-bond acceptors (Lipinski definition) is 3. The van der Waals surface area contributed by atoms with E-state index in [2.05, 4.69) is 46.6 Å². The van der Waals surface area contributed by atoms with E-state index in [4.69, 9.17) is 0 Å². The second-order valence-corrected chi connectivity index (χ2v) is 8.78. The van der Waals surface area contributed by atoms with Crippen LogP contribution in [-0.2, 0) is 18.5 Å². The molecule has 1 atom stereocenters. The van der Waals surface area contributed by atoms with Crippen LogP contribution in [0.3, 0.4) is 0 Å². The zero-order valence-electron chi connectivity index (χ0n) is 19.4. The molecular formula is C28H31F3N2O. The summed E-state index contributed by atoms with van der Waals surface area (Å²) in [6.07, 6.45) is -1.14. The van der Waals surface area contributed by atoms with Crippen molar-refractivity contribution in [1.82, 2.24) is 10.6 Å². The molecule has 0 aliphatic carbocycles. The van der Waals surface area contributed by atoms with Crippen molar-refractivity contribution in [1.29, 1.82) is 0 Å². The lowest BCUT2D eigenvalue weighted by atomic mass is 9.73. The third-order valence-electron chi connectivity index (χ3n) is 6.48. The highest BCUT2D eigenvalue weighted by molar-refractivity contribution is 5.42. The molecule has 180 valence electrons. The van der Waals surface area contributed by atoms with Crippen molar-refractivity contribution >= 4 is 0 Å². The molecule has 3 aromatic rings. The van der Waals surface area contributed by atoms with Gasteiger partial charge in [-0.15, -0.1) is 13.2 Å². The van der Waals surface area contributed by atoms with Crippen LogP contribution in [0.4, 0.5) is 13.2 Å². The van der Waals surface area contributed by atoms with Gasteiger partial charge in [0.1, 0.15) is 5.75 Å². The maximum atomic E-state index is 13.1. The fraction of sp³-hybridized carbons (Fsp3) is 0.357. The Balaban J connectivity index is 1.69. The van der Waals surface area contributed by atoms with Gasteiger partial charge in [0.15, 0.2) is 0 Å². The van der Waals surface area contributed by atoms with E-state index in [9.17, 15) is 13.2 Å². The molecule has 0 aromatic heterocycles. The summed E-state index contributed by atoms with van der Waals surface area (Å²) in [7, 11) is 0. The van der Waals surface area contributed by atoms with Gasteiger partial charge in [0.2, 0.25) is 0 Å². The summed E-state index contributed by atoms with van der Waals surface area (Å²) in [4.78, 5) is 0. The number of halogens is 3. The Bertz CT molecular complexity index is 1010. The van der Waals surface area contributed by atoms with Gasteiger partial charge < -0.3 is 15.4 Å². The summed E-state index contributed by atoms with van der Waals surface area (Å²) in [5, 5.41) is 7.37. The van der Waals surface area contributed by atoms with Crippen LogP contribution in [0.25, 0.3) is 0 Å². The zero-order valence-corrected chi connectivity index (χ0v) is 19.4. The standard InChI is InChI=1S/C28H31F3N2O/c1-2-10-21-16-17-25(34-28(29,30)31)22(19-21)20-32-26-15-9-18-33-27(26,23-11-5-3-6-12-23)24-13-7-4-8-14-24/h3-8,11-14,16-17,19,26,32-33H,2,9-10,15,18,20H2,1H3. The molecule has 0 spiro atoms. The van der Waals surface area contributed by atoms with Crippen LogP contribution in [0.2, 0.25) is 0 Å². The Hall–Kier alpha value is -2.83. The topological polar surface area (TPSA) is 33.3 Å². The maximum absolute atomic E-state index is 13.1. The van der Waals surface area contributed by atoms with Gasteiger partial charge in [-0.2, -0.15) is 0 Å². The molecule has 2 N–H and O–H groups in total. The SMILES string of the molecule is CCCc1ccc(OC(F)(F)F)c(CNC2CCCNC2(c2ccccc2)c2ccccc2)c1. The number of alkyl halides is 3. The first-order chi connectivity index (χ1) is 16.4. The third kappa shape index (κ3) is 5.45. The summed E-state index contributed by atoms with van der Waals surface area (Å²) >= 11 is 0. The highest BCUT2D eigenvalue weighted by Gasteiger charge is 2.43. The minimum absolute atomic E-state index is 0.0281. The van der Waals surface area contributed by atoms with Gasteiger partial charge in [0.25, 0.3) is 0 Å². The van der Waals surface area contributed by atoms with Gasteiger partial charge in [-0.1, -0.05) is 86.1 Å². The Morgan fingerprint density at radius 1 is 0.971 bits per heavy atom. The second kappa shape index (κ2) is 10.6. The van der Waals surface area contributed by atoms with E-state index >= 15 is 0 Å². The first-order valence-corrected chi connectivity index (χ1v) is 11.9. The average molecular weight is 469 g/mol. The highest BCUT2D eigenvalue weighted by Crippen LogP contribution is 2.38. The predicted octanol–water partition coefficient (Wildman–Crippen LogP) is 6.32. The summed E-state index contributed by atoms with van der Waals surface area (Å²) in [5.41, 5.74) is 3.29. The molecule has 1 aliphatic rings. The molecule has 6 heteroatoms. The van der Waals surface area contributed by atoms with Crippen molar-refractivity contribution in [3.8, 4) is 5.75 Å². The Morgan fingerprint density at radius 2 is 1.62 bits per heavy atom. The first kappa shape index (κ1) is 24.3. The molecule has 4 rings (SSSR count). The van der Waals surface area contributed by atoms with Crippen molar-refractivity contribution in [2.45, 2.75) is 57.1 Å². The smallest absolute Gasteiger partial charge is 0.405 e. The third-order valence-corrected chi connectivity index (χ3v) is 6.48. The first-order valence-electron chi connectivity index (χ1n) is 11.9.